The fourth-order valence-electron chi connectivity index (χ4n) is 3.04. The van der Waals surface area contributed by atoms with E-state index in [0.29, 0.717) is 24.5 Å². The molecule has 1 N–H and O–H groups in total. The number of piperidine rings is 1. The molecular formula is C18H27ClN2O3S. The van der Waals surface area contributed by atoms with Crippen LogP contribution < -0.4 is 5.32 Å². The van der Waals surface area contributed by atoms with Gasteiger partial charge in [0.2, 0.25) is 15.9 Å². The highest BCUT2D eigenvalue weighted by atomic mass is 35.5. The van der Waals surface area contributed by atoms with Crippen molar-refractivity contribution in [2.75, 3.05) is 19.6 Å². The van der Waals surface area contributed by atoms with Gasteiger partial charge in [0.15, 0.2) is 0 Å². The normalized spacial score (nSPS) is 18.9. The number of hydrogen-bond acceptors (Lipinski definition) is 3. The molecule has 0 saturated carbocycles. The maximum absolute atomic E-state index is 12.8. The number of carbonyl (C=O) groups excluding carboxylic acids is 1. The molecule has 1 heterocycles. The van der Waals surface area contributed by atoms with E-state index >= 15 is 0 Å². The summed E-state index contributed by atoms with van der Waals surface area (Å²) in [6.07, 6.45) is 5.84. The number of nitrogens with one attached hydrogen (secondary N) is 1. The summed E-state index contributed by atoms with van der Waals surface area (Å²) >= 11 is 5.83. The SMILES string of the molecule is CCCCCCNC(=O)C1CCCN(S(=O)(=O)c2ccc(Cl)cc2)C1. The molecule has 1 saturated heterocycles. The maximum atomic E-state index is 12.8. The molecule has 1 atom stereocenters. The van der Waals surface area contributed by atoms with E-state index in [-0.39, 0.29) is 23.3 Å². The van der Waals surface area contributed by atoms with Gasteiger partial charge in [-0.1, -0.05) is 37.8 Å². The Balaban J connectivity index is 1.93. The lowest BCUT2D eigenvalue weighted by Crippen LogP contribution is -2.45. The largest absolute Gasteiger partial charge is 0.356 e. The van der Waals surface area contributed by atoms with E-state index < -0.39 is 10.0 Å². The van der Waals surface area contributed by atoms with E-state index in [2.05, 4.69) is 12.2 Å². The quantitative estimate of drug-likeness (QED) is 0.696. The molecular weight excluding hydrogens is 360 g/mol. The van der Waals surface area contributed by atoms with Gasteiger partial charge in [-0.25, -0.2) is 8.42 Å². The molecule has 1 fully saturated rings. The minimum Gasteiger partial charge on any atom is -0.356 e. The van der Waals surface area contributed by atoms with E-state index in [4.69, 9.17) is 11.6 Å². The molecule has 25 heavy (non-hydrogen) atoms. The van der Waals surface area contributed by atoms with E-state index in [0.717, 1.165) is 25.7 Å². The number of benzene rings is 1. The number of unbranched alkanes of at least 4 members (excludes halogenated alkanes) is 3. The Hall–Kier alpha value is -1.11. The van der Waals surface area contributed by atoms with Crippen molar-refractivity contribution in [3.63, 3.8) is 0 Å². The summed E-state index contributed by atoms with van der Waals surface area (Å²) < 4.78 is 26.9. The Labute approximate surface area is 155 Å². The van der Waals surface area contributed by atoms with Gasteiger partial charge in [0.05, 0.1) is 10.8 Å². The molecule has 0 spiro atoms. The molecule has 1 aromatic carbocycles. The van der Waals surface area contributed by atoms with Gasteiger partial charge in [0.25, 0.3) is 0 Å². The van der Waals surface area contributed by atoms with Crippen LogP contribution in [0, 0.1) is 5.92 Å². The first-order valence-electron chi connectivity index (χ1n) is 8.98. The van der Waals surface area contributed by atoms with Crippen LogP contribution in [0.1, 0.15) is 45.4 Å². The summed E-state index contributed by atoms with van der Waals surface area (Å²) in [4.78, 5) is 12.6. The van der Waals surface area contributed by atoms with Gasteiger partial charge in [-0.3, -0.25) is 4.79 Å². The molecule has 140 valence electrons. The zero-order valence-electron chi connectivity index (χ0n) is 14.7. The number of amides is 1. The third-order valence-electron chi connectivity index (χ3n) is 4.54. The fraction of sp³-hybridized carbons (Fsp3) is 0.611. The lowest BCUT2D eigenvalue weighted by molar-refractivity contribution is -0.126. The summed E-state index contributed by atoms with van der Waals surface area (Å²) in [6, 6.07) is 6.15. The second kappa shape index (κ2) is 9.55. The minimum absolute atomic E-state index is 0.0347. The third-order valence-corrected chi connectivity index (χ3v) is 6.67. The lowest BCUT2D eigenvalue weighted by Gasteiger charge is -2.31. The molecule has 0 aromatic heterocycles. The molecule has 1 aliphatic heterocycles. The molecule has 1 aliphatic rings. The highest BCUT2D eigenvalue weighted by Gasteiger charge is 2.33. The molecule has 0 aliphatic carbocycles. The molecule has 2 rings (SSSR count). The summed E-state index contributed by atoms with van der Waals surface area (Å²) in [5.74, 6) is -0.311. The van der Waals surface area contributed by atoms with Crippen LogP contribution in [0.2, 0.25) is 5.02 Å². The van der Waals surface area contributed by atoms with Crippen LogP contribution in [-0.4, -0.2) is 38.3 Å². The number of carbonyl (C=O) groups is 1. The van der Waals surface area contributed by atoms with Crippen LogP contribution in [0.3, 0.4) is 0 Å². The predicted octanol–water partition coefficient (Wildman–Crippen LogP) is 3.44. The Kier molecular flexibility index (Phi) is 7.72. The van der Waals surface area contributed by atoms with E-state index in [1.165, 1.54) is 22.9 Å². The van der Waals surface area contributed by atoms with Crippen LogP contribution in [0.5, 0.6) is 0 Å². The second-order valence-corrected chi connectivity index (χ2v) is 8.88. The monoisotopic (exact) mass is 386 g/mol. The van der Waals surface area contributed by atoms with Gasteiger partial charge in [0.1, 0.15) is 0 Å². The summed E-state index contributed by atoms with van der Waals surface area (Å²) in [5, 5.41) is 3.45. The number of nitrogens with zero attached hydrogens (tertiary/aromatic N) is 1. The van der Waals surface area contributed by atoms with Gasteiger partial charge in [-0.05, 0) is 43.5 Å². The van der Waals surface area contributed by atoms with Crippen molar-refractivity contribution in [3.05, 3.63) is 29.3 Å². The Bertz CT molecular complexity index is 661. The van der Waals surface area contributed by atoms with Crippen LogP contribution in [0.4, 0.5) is 0 Å². The third kappa shape index (κ3) is 5.69. The van der Waals surface area contributed by atoms with Gasteiger partial charge < -0.3 is 5.32 Å². The molecule has 7 heteroatoms. The van der Waals surface area contributed by atoms with Crippen LogP contribution in [0.25, 0.3) is 0 Å². The summed E-state index contributed by atoms with van der Waals surface area (Å²) in [6.45, 7) is 3.51. The van der Waals surface area contributed by atoms with E-state index in [9.17, 15) is 13.2 Å². The highest BCUT2D eigenvalue weighted by Crippen LogP contribution is 2.24. The van der Waals surface area contributed by atoms with Crippen LogP contribution in [0.15, 0.2) is 29.2 Å². The Morgan fingerprint density at radius 2 is 1.96 bits per heavy atom. The molecule has 0 bridgehead atoms. The summed E-state index contributed by atoms with van der Waals surface area (Å²) in [5.41, 5.74) is 0. The average Bonchev–Trinajstić information content (AvgIpc) is 2.62. The van der Waals surface area contributed by atoms with Crippen molar-refractivity contribution in [2.45, 2.75) is 50.3 Å². The average molecular weight is 387 g/mol. The number of rotatable bonds is 8. The predicted molar refractivity (Wildman–Crippen MR) is 100 cm³/mol. The summed E-state index contributed by atoms with van der Waals surface area (Å²) in [7, 11) is -3.58. The maximum Gasteiger partial charge on any atom is 0.243 e. The van der Waals surface area contributed by atoms with Gasteiger partial charge in [0, 0.05) is 24.7 Å². The molecule has 1 unspecified atom stereocenters. The Morgan fingerprint density at radius 1 is 1.24 bits per heavy atom. The van der Waals surface area contributed by atoms with Crippen molar-refractivity contribution in [1.82, 2.24) is 9.62 Å². The van der Waals surface area contributed by atoms with Gasteiger partial charge in [-0.15, -0.1) is 0 Å². The first kappa shape index (κ1) is 20.2. The highest BCUT2D eigenvalue weighted by molar-refractivity contribution is 7.89. The van der Waals surface area contributed by atoms with Crippen LogP contribution in [-0.2, 0) is 14.8 Å². The standard InChI is InChI=1S/C18H27ClN2O3S/c1-2-3-4-5-12-20-18(22)15-7-6-13-21(14-15)25(23,24)17-10-8-16(19)9-11-17/h8-11,15H,2-7,12-14H2,1H3,(H,20,22). The zero-order chi connectivity index (χ0) is 18.3. The Morgan fingerprint density at radius 3 is 2.64 bits per heavy atom. The molecule has 1 aromatic rings. The molecule has 5 nitrogen and oxygen atoms in total. The second-order valence-electron chi connectivity index (χ2n) is 6.51. The zero-order valence-corrected chi connectivity index (χ0v) is 16.3. The number of sulfonamides is 1. The minimum atomic E-state index is -3.58. The van der Waals surface area contributed by atoms with Crippen molar-refractivity contribution in [1.29, 1.82) is 0 Å². The topological polar surface area (TPSA) is 66.5 Å². The smallest absolute Gasteiger partial charge is 0.243 e. The fourth-order valence-corrected chi connectivity index (χ4v) is 4.69. The first-order chi connectivity index (χ1) is 11.9. The molecule has 0 radical (unpaired) electrons. The molecule has 1 amide bonds. The first-order valence-corrected chi connectivity index (χ1v) is 10.8. The van der Waals surface area contributed by atoms with Crippen molar-refractivity contribution >= 4 is 27.5 Å². The number of hydrogen-bond donors (Lipinski definition) is 1. The lowest BCUT2D eigenvalue weighted by atomic mass is 9.99. The van der Waals surface area contributed by atoms with E-state index in [1.54, 1.807) is 12.1 Å². The van der Waals surface area contributed by atoms with Crippen molar-refractivity contribution in [3.8, 4) is 0 Å². The van der Waals surface area contributed by atoms with E-state index in [1.807, 2.05) is 0 Å². The van der Waals surface area contributed by atoms with Gasteiger partial charge in [-0.2, -0.15) is 4.31 Å². The van der Waals surface area contributed by atoms with Gasteiger partial charge >= 0.3 is 0 Å². The van der Waals surface area contributed by atoms with Crippen LogP contribution >= 0.6 is 11.6 Å². The van der Waals surface area contributed by atoms with Crippen molar-refractivity contribution in [2.24, 2.45) is 5.92 Å². The number of halogens is 1. The van der Waals surface area contributed by atoms with Crippen molar-refractivity contribution < 1.29 is 13.2 Å².